The van der Waals surface area contributed by atoms with E-state index in [0.717, 1.165) is 5.56 Å². The predicted molar refractivity (Wildman–Crippen MR) is 53.1 cm³/mol. The van der Waals surface area contributed by atoms with Crippen LogP contribution in [0.3, 0.4) is 0 Å². The Hall–Kier alpha value is -1.43. The van der Waals surface area contributed by atoms with Crippen LogP contribution in [-0.4, -0.2) is 10.8 Å². The molecule has 0 aliphatic carbocycles. The molecule has 2 rings (SSSR count). The molecule has 0 spiro atoms. The average Bonchev–Trinajstić information content (AvgIpc) is 2.45. The second-order valence-corrected chi connectivity index (χ2v) is 3.79. The van der Waals surface area contributed by atoms with Crippen LogP contribution in [0.5, 0.6) is 0 Å². The highest BCUT2D eigenvalue weighted by molar-refractivity contribution is 9.10. The lowest BCUT2D eigenvalue weighted by atomic mass is 10.1. The number of fused-ring (bicyclic) bond motifs is 1. The molecule has 14 heavy (non-hydrogen) atoms. The number of rotatable bonds is 1. The first kappa shape index (κ1) is 9.14. The van der Waals surface area contributed by atoms with Gasteiger partial charge in [-0.15, -0.1) is 0 Å². The van der Waals surface area contributed by atoms with Gasteiger partial charge in [0, 0.05) is 16.6 Å². The Kier molecular flexibility index (Phi) is 1.99. The highest BCUT2D eigenvalue weighted by atomic mass is 79.9. The lowest BCUT2D eigenvalue weighted by molar-refractivity contribution is -0.384. The lowest BCUT2D eigenvalue weighted by Crippen LogP contribution is -2.03. The molecule has 72 valence electrons. The number of nitrogens with zero attached hydrogens (tertiary/aromatic N) is 1. The van der Waals surface area contributed by atoms with Crippen LogP contribution in [0, 0.1) is 10.1 Å². The number of benzene rings is 1. The number of carbonyl (C=O) groups is 1. The van der Waals surface area contributed by atoms with Crippen LogP contribution < -0.4 is 5.32 Å². The molecule has 1 aromatic carbocycles. The third kappa shape index (κ3) is 1.37. The van der Waals surface area contributed by atoms with E-state index in [4.69, 9.17) is 0 Å². The first-order valence-corrected chi connectivity index (χ1v) is 4.64. The van der Waals surface area contributed by atoms with Crippen molar-refractivity contribution in [2.24, 2.45) is 0 Å². The van der Waals surface area contributed by atoms with Crippen molar-refractivity contribution in [3.63, 3.8) is 0 Å². The Balaban J connectivity index is 2.56. The third-order valence-electron chi connectivity index (χ3n) is 2.00. The van der Waals surface area contributed by atoms with E-state index in [1.807, 2.05) is 0 Å². The normalized spacial score (nSPS) is 13.6. The van der Waals surface area contributed by atoms with E-state index in [-0.39, 0.29) is 18.0 Å². The number of nitro groups is 1. The molecule has 1 aromatic rings. The topological polar surface area (TPSA) is 72.2 Å². The highest BCUT2D eigenvalue weighted by Crippen LogP contribution is 2.34. The molecule has 0 unspecified atom stereocenters. The number of anilines is 1. The van der Waals surface area contributed by atoms with Gasteiger partial charge in [0.05, 0.1) is 17.0 Å². The number of non-ortho nitro benzene ring substituents is 1. The van der Waals surface area contributed by atoms with Gasteiger partial charge >= 0.3 is 0 Å². The van der Waals surface area contributed by atoms with Gasteiger partial charge in [0.2, 0.25) is 5.91 Å². The molecule has 6 heteroatoms. The third-order valence-corrected chi connectivity index (χ3v) is 2.71. The Morgan fingerprint density at radius 1 is 1.50 bits per heavy atom. The number of hydrogen-bond acceptors (Lipinski definition) is 3. The molecular formula is C8H5BrN2O3. The second-order valence-electron chi connectivity index (χ2n) is 2.94. The van der Waals surface area contributed by atoms with Crippen LogP contribution in [0.15, 0.2) is 16.6 Å². The lowest BCUT2D eigenvalue weighted by Gasteiger charge is -2.00. The number of carbonyl (C=O) groups excluding carboxylic acids is 1. The van der Waals surface area contributed by atoms with Crippen molar-refractivity contribution in [3.05, 3.63) is 32.3 Å². The predicted octanol–water partition coefficient (Wildman–Crippen LogP) is 1.85. The summed E-state index contributed by atoms with van der Waals surface area (Å²) in [6.45, 7) is 0. The van der Waals surface area contributed by atoms with Gasteiger partial charge < -0.3 is 5.32 Å². The summed E-state index contributed by atoms with van der Waals surface area (Å²) >= 11 is 3.20. The molecule has 0 saturated heterocycles. The van der Waals surface area contributed by atoms with Gasteiger partial charge in [-0.2, -0.15) is 0 Å². The van der Waals surface area contributed by atoms with Crippen LogP contribution in [-0.2, 0) is 11.2 Å². The zero-order valence-electron chi connectivity index (χ0n) is 6.91. The van der Waals surface area contributed by atoms with Gasteiger partial charge in [0.25, 0.3) is 5.69 Å². The SMILES string of the molecule is O=C1Cc2c(Br)cc([N+](=O)[O-])cc2N1. The zero-order valence-corrected chi connectivity index (χ0v) is 8.50. The Morgan fingerprint density at radius 3 is 2.86 bits per heavy atom. The fraction of sp³-hybridized carbons (Fsp3) is 0.125. The first-order chi connectivity index (χ1) is 6.58. The minimum atomic E-state index is -0.491. The molecule has 1 amide bonds. The monoisotopic (exact) mass is 256 g/mol. The van der Waals surface area contributed by atoms with E-state index in [1.165, 1.54) is 12.1 Å². The van der Waals surface area contributed by atoms with E-state index in [2.05, 4.69) is 21.2 Å². The number of nitrogens with one attached hydrogen (secondary N) is 1. The van der Waals surface area contributed by atoms with Crippen LogP contribution in [0.4, 0.5) is 11.4 Å². The maximum atomic E-state index is 11.0. The van der Waals surface area contributed by atoms with Crippen molar-refractivity contribution in [1.82, 2.24) is 0 Å². The van der Waals surface area contributed by atoms with E-state index < -0.39 is 4.92 Å². The summed E-state index contributed by atoms with van der Waals surface area (Å²) in [7, 11) is 0. The fourth-order valence-corrected chi connectivity index (χ4v) is 1.96. The number of nitro benzene ring substituents is 1. The molecule has 5 nitrogen and oxygen atoms in total. The van der Waals surface area contributed by atoms with Gasteiger partial charge in [-0.25, -0.2) is 0 Å². The minimum absolute atomic E-state index is 0.0298. The Morgan fingerprint density at radius 2 is 2.21 bits per heavy atom. The standard InChI is InChI=1S/C8H5BrN2O3/c9-6-1-4(11(13)14)2-7-5(6)3-8(12)10-7/h1-2H,3H2,(H,10,12). The molecule has 1 N–H and O–H groups in total. The summed E-state index contributed by atoms with van der Waals surface area (Å²) in [6, 6.07) is 2.77. The summed E-state index contributed by atoms with van der Waals surface area (Å²) in [6.07, 6.45) is 0.272. The number of amides is 1. The van der Waals surface area contributed by atoms with Gasteiger partial charge in [-0.3, -0.25) is 14.9 Å². The van der Waals surface area contributed by atoms with Crippen molar-refractivity contribution < 1.29 is 9.72 Å². The molecule has 0 aromatic heterocycles. The first-order valence-electron chi connectivity index (χ1n) is 3.84. The van der Waals surface area contributed by atoms with E-state index in [1.54, 1.807) is 0 Å². The van der Waals surface area contributed by atoms with Crippen molar-refractivity contribution in [2.45, 2.75) is 6.42 Å². The maximum Gasteiger partial charge on any atom is 0.272 e. The summed E-state index contributed by atoms with van der Waals surface area (Å²) in [4.78, 5) is 21.0. The quantitative estimate of drug-likeness (QED) is 0.616. The van der Waals surface area contributed by atoms with Crippen LogP contribution in [0.1, 0.15) is 5.56 Å². The van der Waals surface area contributed by atoms with Gasteiger partial charge in [-0.1, -0.05) is 15.9 Å². The molecule has 1 aliphatic rings. The summed E-state index contributed by atoms with van der Waals surface area (Å²) in [5, 5.41) is 13.1. The molecule has 1 heterocycles. The van der Waals surface area contributed by atoms with Crippen molar-refractivity contribution in [1.29, 1.82) is 0 Å². The fourth-order valence-electron chi connectivity index (χ4n) is 1.37. The average molecular weight is 257 g/mol. The number of halogens is 1. The molecule has 0 radical (unpaired) electrons. The maximum absolute atomic E-state index is 11.0. The largest absolute Gasteiger partial charge is 0.325 e. The summed E-state index contributed by atoms with van der Waals surface area (Å²) in [5.74, 6) is -0.138. The minimum Gasteiger partial charge on any atom is -0.325 e. The zero-order chi connectivity index (χ0) is 10.3. The molecule has 0 fully saturated rings. The molecule has 0 saturated carbocycles. The van der Waals surface area contributed by atoms with Crippen LogP contribution in [0.25, 0.3) is 0 Å². The van der Waals surface area contributed by atoms with E-state index in [0.29, 0.717) is 10.2 Å². The van der Waals surface area contributed by atoms with Crippen molar-refractivity contribution in [2.75, 3.05) is 5.32 Å². The number of hydrogen-bond donors (Lipinski definition) is 1. The summed E-state index contributed by atoms with van der Waals surface area (Å²) in [5.41, 5.74) is 1.27. The molecule has 1 aliphatic heterocycles. The van der Waals surface area contributed by atoms with E-state index >= 15 is 0 Å². The van der Waals surface area contributed by atoms with Crippen molar-refractivity contribution >= 4 is 33.2 Å². The van der Waals surface area contributed by atoms with E-state index in [9.17, 15) is 14.9 Å². The van der Waals surface area contributed by atoms with Crippen LogP contribution in [0.2, 0.25) is 0 Å². The van der Waals surface area contributed by atoms with Crippen LogP contribution >= 0.6 is 15.9 Å². The smallest absolute Gasteiger partial charge is 0.272 e. The summed E-state index contributed by atoms with van der Waals surface area (Å²) < 4.78 is 0.597. The molecule has 0 bridgehead atoms. The van der Waals surface area contributed by atoms with Gasteiger partial charge in [0.1, 0.15) is 0 Å². The van der Waals surface area contributed by atoms with Gasteiger partial charge in [0.15, 0.2) is 0 Å². The Bertz CT molecular complexity index is 444. The van der Waals surface area contributed by atoms with Gasteiger partial charge in [-0.05, 0) is 5.56 Å². The van der Waals surface area contributed by atoms with Crippen molar-refractivity contribution in [3.8, 4) is 0 Å². The second kappa shape index (κ2) is 3.06. The highest BCUT2D eigenvalue weighted by Gasteiger charge is 2.23. The molecular weight excluding hydrogens is 252 g/mol. The molecule has 0 atom stereocenters. The Labute approximate surface area is 87.4 Å².